The summed E-state index contributed by atoms with van der Waals surface area (Å²) in [5.41, 5.74) is 0. The van der Waals surface area contributed by atoms with E-state index < -0.39 is 10.0 Å². The molecular weight excluding hydrogens is 378 g/mol. The average molecular weight is 410 g/mol. The van der Waals surface area contributed by atoms with Gasteiger partial charge in [-0.1, -0.05) is 18.2 Å². The zero-order valence-electron chi connectivity index (χ0n) is 16.4. The Morgan fingerprint density at radius 1 is 1.07 bits per heavy atom. The number of sulfonamides is 1. The number of morpholine rings is 1. The molecule has 7 nitrogen and oxygen atoms in total. The van der Waals surface area contributed by atoms with Crippen molar-refractivity contribution in [2.75, 3.05) is 52.5 Å². The number of ether oxygens (including phenoxy) is 1. The fraction of sp³-hybridized carbons (Fsp3) is 0.650. The van der Waals surface area contributed by atoms with Crippen molar-refractivity contribution in [3.8, 4) is 0 Å². The zero-order chi connectivity index (χ0) is 19.8. The number of hydrogen-bond donors (Lipinski definition) is 1. The molecule has 1 aromatic carbocycles. The normalized spacial score (nSPS) is 20.1. The Kier molecular flexibility index (Phi) is 7.84. The molecule has 0 spiro atoms. The van der Waals surface area contributed by atoms with Crippen LogP contribution in [0.3, 0.4) is 0 Å². The van der Waals surface area contributed by atoms with Gasteiger partial charge in [0.25, 0.3) is 0 Å². The molecule has 2 fully saturated rings. The Morgan fingerprint density at radius 3 is 2.43 bits per heavy atom. The second kappa shape index (κ2) is 10.3. The van der Waals surface area contributed by atoms with E-state index in [1.807, 2.05) is 6.07 Å². The molecule has 0 bridgehead atoms. The van der Waals surface area contributed by atoms with E-state index in [9.17, 15) is 13.2 Å². The minimum absolute atomic E-state index is 0.0753. The lowest BCUT2D eigenvalue weighted by molar-refractivity contribution is -0.122. The first kappa shape index (κ1) is 21.2. The first-order valence-electron chi connectivity index (χ1n) is 10.2. The quantitative estimate of drug-likeness (QED) is 0.655. The van der Waals surface area contributed by atoms with Crippen LogP contribution in [0.4, 0.5) is 0 Å². The van der Waals surface area contributed by atoms with Gasteiger partial charge in [-0.2, -0.15) is 4.31 Å². The molecule has 0 aromatic heterocycles. The topological polar surface area (TPSA) is 79.0 Å². The predicted molar refractivity (Wildman–Crippen MR) is 107 cm³/mol. The number of hydrogen-bond acceptors (Lipinski definition) is 5. The molecule has 2 saturated heterocycles. The molecule has 2 aliphatic heterocycles. The average Bonchev–Trinajstić information content (AvgIpc) is 2.73. The maximum atomic E-state index is 12.7. The van der Waals surface area contributed by atoms with Crippen LogP contribution in [0.1, 0.15) is 25.7 Å². The summed E-state index contributed by atoms with van der Waals surface area (Å²) in [4.78, 5) is 14.9. The first-order valence-corrected chi connectivity index (χ1v) is 11.6. The van der Waals surface area contributed by atoms with E-state index in [0.717, 1.165) is 52.1 Å². The van der Waals surface area contributed by atoms with Crippen molar-refractivity contribution in [3.05, 3.63) is 30.3 Å². The van der Waals surface area contributed by atoms with Gasteiger partial charge in [0.2, 0.25) is 15.9 Å². The molecule has 28 heavy (non-hydrogen) atoms. The maximum absolute atomic E-state index is 12.7. The summed E-state index contributed by atoms with van der Waals surface area (Å²) in [6.45, 7) is 6.17. The van der Waals surface area contributed by atoms with Crippen molar-refractivity contribution >= 4 is 15.9 Å². The number of piperidine rings is 1. The molecule has 1 amide bonds. The van der Waals surface area contributed by atoms with E-state index in [-0.39, 0.29) is 11.8 Å². The lowest BCUT2D eigenvalue weighted by Crippen LogP contribution is -2.40. The Hall–Kier alpha value is -1.48. The van der Waals surface area contributed by atoms with Crippen LogP contribution in [0.5, 0.6) is 0 Å². The molecular formula is C20H31N3O4S. The van der Waals surface area contributed by atoms with Crippen LogP contribution in [0.15, 0.2) is 35.2 Å². The first-order chi connectivity index (χ1) is 13.6. The molecule has 2 aliphatic rings. The molecule has 2 heterocycles. The van der Waals surface area contributed by atoms with Crippen LogP contribution >= 0.6 is 0 Å². The van der Waals surface area contributed by atoms with Crippen LogP contribution in [0.25, 0.3) is 0 Å². The van der Waals surface area contributed by atoms with E-state index in [2.05, 4.69) is 10.2 Å². The highest BCUT2D eigenvalue weighted by atomic mass is 32.2. The molecule has 3 rings (SSSR count). The van der Waals surface area contributed by atoms with E-state index in [0.29, 0.717) is 31.0 Å². The minimum atomic E-state index is -3.42. The lowest BCUT2D eigenvalue weighted by atomic mass is 9.94. The van der Waals surface area contributed by atoms with E-state index in [1.165, 1.54) is 0 Å². The summed E-state index contributed by atoms with van der Waals surface area (Å²) < 4.78 is 32.2. The van der Waals surface area contributed by atoms with Gasteiger partial charge in [0.15, 0.2) is 0 Å². The predicted octanol–water partition coefficient (Wildman–Crippen LogP) is 1.32. The van der Waals surface area contributed by atoms with Gasteiger partial charge in [-0.05, 0) is 43.9 Å². The second-order valence-electron chi connectivity index (χ2n) is 7.52. The molecule has 0 atom stereocenters. The van der Waals surface area contributed by atoms with Crippen LogP contribution in [-0.2, 0) is 19.6 Å². The summed E-state index contributed by atoms with van der Waals surface area (Å²) in [5, 5.41) is 3.01. The van der Waals surface area contributed by atoms with Crippen LogP contribution in [0, 0.1) is 5.92 Å². The van der Waals surface area contributed by atoms with E-state index in [4.69, 9.17) is 4.74 Å². The minimum Gasteiger partial charge on any atom is -0.379 e. The van der Waals surface area contributed by atoms with Gasteiger partial charge in [0.05, 0.1) is 18.1 Å². The summed E-state index contributed by atoms with van der Waals surface area (Å²) in [7, 11) is -3.42. The van der Waals surface area contributed by atoms with Crippen molar-refractivity contribution in [1.29, 1.82) is 0 Å². The molecule has 1 N–H and O–H groups in total. The van der Waals surface area contributed by atoms with Crippen molar-refractivity contribution in [3.63, 3.8) is 0 Å². The highest BCUT2D eigenvalue weighted by Gasteiger charge is 2.29. The Bertz CT molecular complexity index is 712. The summed E-state index contributed by atoms with van der Waals surface area (Å²) in [6, 6.07) is 8.55. The monoisotopic (exact) mass is 409 g/mol. The van der Waals surface area contributed by atoms with E-state index in [1.54, 1.807) is 28.6 Å². The number of nitrogens with zero attached hydrogens (tertiary/aromatic N) is 2. The smallest absolute Gasteiger partial charge is 0.243 e. The standard InChI is InChI=1S/C20H31N3O4S/c24-20(21-9-4-10-22-13-15-27-16-14-22)17-18-7-11-23(12-8-18)28(25,26)19-5-2-1-3-6-19/h1-3,5-6,18H,4,7-17H2,(H,21,24). The number of benzene rings is 1. The van der Waals surface area contributed by atoms with E-state index >= 15 is 0 Å². The fourth-order valence-electron chi connectivity index (χ4n) is 3.78. The highest BCUT2D eigenvalue weighted by molar-refractivity contribution is 7.89. The van der Waals surface area contributed by atoms with Crippen LogP contribution < -0.4 is 5.32 Å². The number of carbonyl (C=O) groups is 1. The zero-order valence-corrected chi connectivity index (χ0v) is 17.2. The van der Waals surface area contributed by atoms with Gasteiger partial charge in [-0.25, -0.2) is 8.42 Å². The molecule has 0 radical (unpaired) electrons. The third-order valence-corrected chi connectivity index (χ3v) is 7.42. The fourth-order valence-corrected chi connectivity index (χ4v) is 5.28. The SMILES string of the molecule is O=C(CC1CCN(S(=O)(=O)c2ccccc2)CC1)NCCCN1CCOCC1. The van der Waals surface area contributed by atoms with Crippen molar-refractivity contribution < 1.29 is 17.9 Å². The third kappa shape index (κ3) is 6.01. The van der Waals surface area contributed by atoms with Gasteiger partial charge in [0, 0.05) is 39.1 Å². The van der Waals surface area contributed by atoms with Crippen LogP contribution in [-0.4, -0.2) is 76.0 Å². The molecule has 0 unspecified atom stereocenters. The van der Waals surface area contributed by atoms with Crippen molar-refractivity contribution in [2.24, 2.45) is 5.92 Å². The third-order valence-electron chi connectivity index (χ3n) is 5.51. The van der Waals surface area contributed by atoms with Gasteiger partial charge in [-0.3, -0.25) is 9.69 Å². The highest BCUT2D eigenvalue weighted by Crippen LogP contribution is 2.25. The molecule has 0 saturated carbocycles. The molecule has 156 valence electrons. The molecule has 0 aliphatic carbocycles. The molecule has 1 aromatic rings. The number of rotatable bonds is 8. The van der Waals surface area contributed by atoms with Crippen molar-refractivity contribution in [2.45, 2.75) is 30.6 Å². The van der Waals surface area contributed by atoms with Crippen LogP contribution in [0.2, 0.25) is 0 Å². The Labute approximate surface area is 168 Å². The number of amides is 1. The Morgan fingerprint density at radius 2 is 1.75 bits per heavy atom. The molecule has 8 heteroatoms. The second-order valence-corrected chi connectivity index (χ2v) is 9.46. The number of nitrogens with one attached hydrogen (secondary N) is 1. The summed E-state index contributed by atoms with van der Waals surface area (Å²) in [6.07, 6.45) is 2.89. The summed E-state index contributed by atoms with van der Waals surface area (Å²) >= 11 is 0. The van der Waals surface area contributed by atoms with Gasteiger partial charge < -0.3 is 10.1 Å². The van der Waals surface area contributed by atoms with Crippen molar-refractivity contribution in [1.82, 2.24) is 14.5 Å². The maximum Gasteiger partial charge on any atom is 0.243 e. The van der Waals surface area contributed by atoms with Gasteiger partial charge >= 0.3 is 0 Å². The summed E-state index contributed by atoms with van der Waals surface area (Å²) in [5.74, 6) is 0.327. The largest absolute Gasteiger partial charge is 0.379 e. The Balaban J connectivity index is 1.34. The van der Waals surface area contributed by atoms with Gasteiger partial charge in [0.1, 0.15) is 0 Å². The van der Waals surface area contributed by atoms with Gasteiger partial charge in [-0.15, -0.1) is 0 Å². The lowest BCUT2D eigenvalue weighted by Gasteiger charge is -2.31. The number of carbonyl (C=O) groups excluding carboxylic acids is 1.